The summed E-state index contributed by atoms with van der Waals surface area (Å²) < 4.78 is 6.41. The lowest BCUT2D eigenvalue weighted by Crippen LogP contribution is -2.51. The lowest BCUT2D eigenvalue weighted by atomic mass is 9.95. The Labute approximate surface area is 105 Å². The highest BCUT2D eigenvalue weighted by Gasteiger charge is 2.29. The Morgan fingerprint density at radius 2 is 2.00 bits per heavy atom. The molecular weight excluding hydrogens is 268 g/mol. The predicted molar refractivity (Wildman–Crippen MR) is 71.7 cm³/mol. The Hall–Kier alpha value is -0.580. The van der Waals surface area contributed by atoms with E-state index >= 15 is 0 Å². The van der Waals surface area contributed by atoms with Gasteiger partial charge in [-0.25, -0.2) is 0 Å². The number of halogens is 1. The number of hydrogen-bond acceptors (Lipinski definition) is 3. The number of nitrogens with two attached hydrogens (primary N) is 1. The molecule has 1 aromatic carbocycles. The summed E-state index contributed by atoms with van der Waals surface area (Å²) in [5, 5.41) is 3.41. The SMILES string of the molecule is COC(C)C(C)(CN)Nc1ccc(Br)cc1. The van der Waals surface area contributed by atoms with Crippen molar-refractivity contribution < 1.29 is 4.74 Å². The van der Waals surface area contributed by atoms with Gasteiger partial charge in [0.1, 0.15) is 0 Å². The molecule has 0 amide bonds. The molecule has 0 aromatic heterocycles. The van der Waals surface area contributed by atoms with Gasteiger partial charge in [-0.1, -0.05) is 15.9 Å². The minimum Gasteiger partial charge on any atom is -0.379 e. The Kier molecular flexibility index (Phi) is 4.77. The van der Waals surface area contributed by atoms with Crippen molar-refractivity contribution in [2.45, 2.75) is 25.5 Å². The van der Waals surface area contributed by atoms with E-state index < -0.39 is 0 Å². The summed E-state index contributed by atoms with van der Waals surface area (Å²) >= 11 is 3.41. The average Bonchev–Trinajstić information content (AvgIpc) is 2.31. The molecule has 2 unspecified atom stereocenters. The average molecular weight is 287 g/mol. The van der Waals surface area contributed by atoms with Gasteiger partial charge in [-0.3, -0.25) is 0 Å². The summed E-state index contributed by atoms with van der Waals surface area (Å²) in [5.41, 5.74) is 6.59. The van der Waals surface area contributed by atoms with E-state index in [1.54, 1.807) is 7.11 Å². The van der Waals surface area contributed by atoms with Crippen LogP contribution >= 0.6 is 15.9 Å². The zero-order valence-electron chi connectivity index (χ0n) is 9.96. The van der Waals surface area contributed by atoms with Gasteiger partial charge in [0.2, 0.25) is 0 Å². The molecule has 1 aromatic rings. The smallest absolute Gasteiger partial charge is 0.0782 e. The largest absolute Gasteiger partial charge is 0.379 e. The molecule has 16 heavy (non-hydrogen) atoms. The molecule has 0 saturated heterocycles. The van der Waals surface area contributed by atoms with Crippen LogP contribution in [-0.4, -0.2) is 25.3 Å². The van der Waals surface area contributed by atoms with Crippen LogP contribution in [0.5, 0.6) is 0 Å². The van der Waals surface area contributed by atoms with Gasteiger partial charge in [0.15, 0.2) is 0 Å². The van der Waals surface area contributed by atoms with Crippen LogP contribution in [0.4, 0.5) is 5.69 Å². The number of methoxy groups -OCH3 is 1. The van der Waals surface area contributed by atoms with Gasteiger partial charge < -0.3 is 15.8 Å². The number of nitrogens with one attached hydrogen (secondary N) is 1. The first-order chi connectivity index (χ1) is 7.51. The molecule has 0 heterocycles. The third kappa shape index (κ3) is 3.20. The first-order valence-electron chi connectivity index (χ1n) is 5.28. The van der Waals surface area contributed by atoms with E-state index in [0.29, 0.717) is 6.54 Å². The fourth-order valence-corrected chi connectivity index (χ4v) is 1.71. The van der Waals surface area contributed by atoms with Crippen molar-refractivity contribution in [1.82, 2.24) is 0 Å². The zero-order valence-corrected chi connectivity index (χ0v) is 11.5. The van der Waals surface area contributed by atoms with Gasteiger partial charge in [0.05, 0.1) is 11.6 Å². The first-order valence-corrected chi connectivity index (χ1v) is 6.08. The van der Waals surface area contributed by atoms with Crippen LogP contribution in [0.15, 0.2) is 28.7 Å². The maximum atomic E-state index is 5.81. The van der Waals surface area contributed by atoms with Gasteiger partial charge >= 0.3 is 0 Å². The molecule has 0 aliphatic rings. The highest BCUT2D eigenvalue weighted by molar-refractivity contribution is 9.10. The molecule has 0 fully saturated rings. The summed E-state index contributed by atoms with van der Waals surface area (Å²) in [7, 11) is 1.70. The van der Waals surface area contributed by atoms with Crippen molar-refractivity contribution in [1.29, 1.82) is 0 Å². The van der Waals surface area contributed by atoms with Gasteiger partial charge in [-0.15, -0.1) is 0 Å². The van der Waals surface area contributed by atoms with Gasteiger partial charge in [-0.05, 0) is 38.1 Å². The second kappa shape index (κ2) is 5.66. The van der Waals surface area contributed by atoms with Gasteiger partial charge in [0.25, 0.3) is 0 Å². The van der Waals surface area contributed by atoms with Crippen molar-refractivity contribution in [3.8, 4) is 0 Å². The monoisotopic (exact) mass is 286 g/mol. The van der Waals surface area contributed by atoms with E-state index in [2.05, 4.69) is 28.2 Å². The van der Waals surface area contributed by atoms with Crippen LogP contribution in [0, 0.1) is 0 Å². The third-order valence-electron chi connectivity index (χ3n) is 2.95. The standard InChI is InChI=1S/C12H19BrN2O/c1-9(16-3)12(2,8-14)15-11-6-4-10(13)5-7-11/h4-7,9,15H,8,14H2,1-3H3. The maximum Gasteiger partial charge on any atom is 0.0782 e. The second-order valence-electron chi connectivity index (χ2n) is 4.13. The number of anilines is 1. The summed E-state index contributed by atoms with van der Waals surface area (Å²) in [4.78, 5) is 0. The van der Waals surface area contributed by atoms with Crippen LogP contribution in [0.25, 0.3) is 0 Å². The van der Waals surface area contributed by atoms with E-state index in [1.165, 1.54) is 0 Å². The minimum absolute atomic E-state index is 0.0427. The van der Waals surface area contributed by atoms with Crippen LogP contribution in [0.2, 0.25) is 0 Å². The Morgan fingerprint density at radius 3 is 2.44 bits per heavy atom. The molecular formula is C12H19BrN2O. The van der Waals surface area contributed by atoms with Crippen LogP contribution in [0.3, 0.4) is 0 Å². The molecule has 0 saturated carbocycles. The summed E-state index contributed by atoms with van der Waals surface area (Å²) in [6, 6.07) is 8.02. The molecule has 3 nitrogen and oxygen atoms in total. The second-order valence-corrected chi connectivity index (χ2v) is 5.05. The molecule has 0 bridgehead atoms. The molecule has 4 heteroatoms. The molecule has 1 rings (SSSR count). The van der Waals surface area contributed by atoms with E-state index in [4.69, 9.17) is 10.5 Å². The third-order valence-corrected chi connectivity index (χ3v) is 3.48. The van der Waals surface area contributed by atoms with Crippen LogP contribution in [0.1, 0.15) is 13.8 Å². The van der Waals surface area contributed by atoms with E-state index in [9.17, 15) is 0 Å². The summed E-state index contributed by atoms with van der Waals surface area (Å²) in [5.74, 6) is 0. The summed E-state index contributed by atoms with van der Waals surface area (Å²) in [6.45, 7) is 4.58. The number of ether oxygens (including phenoxy) is 1. The topological polar surface area (TPSA) is 47.3 Å². The van der Waals surface area contributed by atoms with Crippen LogP contribution in [-0.2, 0) is 4.74 Å². The zero-order chi connectivity index (χ0) is 12.2. The lowest BCUT2D eigenvalue weighted by molar-refractivity contribution is 0.0688. The Bertz CT molecular complexity index is 328. The van der Waals surface area contributed by atoms with E-state index in [-0.39, 0.29) is 11.6 Å². The molecule has 90 valence electrons. The van der Waals surface area contributed by atoms with Crippen molar-refractivity contribution in [2.75, 3.05) is 19.0 Å². The molecule has 0 aliphatic heterocycles. The molecule has 0 radical (unpaired) electrons. The highest BCUT2D eigenvalue weighted by atomic mass is 79.9. The molecule has 2 atom stereocenters. The minimum atomic E-state index is -0.261. The number of hydrogen-bond donors (Lipinski definition) is 2. The van der Waals surface area contributed by atoms with Crippen LogP contribution < -0.4 is 11.1 Å². The maximum absolute atomic E-state index is 5.81. The first kappa shape index (κ1) is 13.5. The highest BCUT2D eigenvalue weighted by Crippen LogP contribution is 2.21. The molecule has 0 spiro atoms. The predicted octanol–water partition coefficient (Wildman–Crippen LogP) is 2.61. The van der Waals surface area contributed by atoms with E-state index in [0.717, 1.165) is 10.2 Å². The Balaban J connectivity index is 2.80. The van der Waals surface area contributed by atoms with Gasteiger partial charge in [-0.2, -0.15) is 0 Å². The Morgan fingerprint density at radius 1 is 1.44 bits per heavy atom. The van der Waals surface area contributed by atoms with Gasteiger partial charge in [0, 0.05) is 23.8 Å². The summed E-state index contributed by atoms with van der Waals surface area (Å²) in [6.07, 6.45) is 0.0427. The fourth-order valence-electron chi connectivity index (χ4n) is 1.44. The van der Waals surface area contributed by atoms with Crippen molar-refractivity contribution in [3.05, 3.63) is 28.7 Å². The van der Waals surface area contributed by atoms with Crippen molar-refractivity contribution in [3.63, 3.8) is 0 Å². The number of rotatable bonds is 5. The normalized spacial score (nSPS) is 16.6. The van der Waals surface area contributed by atoms with E-state index in [1.807, 2.05) is 31.2 Å². The molecule has 3 N–H and O–H groups in total. The number of benzene rings is 1. The fraction of sp³-hybridized carbons (Fsp3) is 0.500. The van der Waals surface area contributed by atoms with Crippen molar-refractivity contribution >= 4 is 21.6 Å². The van der Waals surface area contributed by atoms with Crippen molar-refractivity contribution in [2.24, 2.45) is 5.73 Å². The lowest BCUT2D eigenvalue weighted by Gasteiger charge is -2.35. The molecule has 0 aliphatic carbocycles. The quantitative estimate of drug-likeness (QED) is 0.875.